The Morgan fingerprint density at radius 1 is 1.43 bits per heavy atom. The van der Waals surface area contributed by atoms with Gasteiger partial charge >= 0.3 is 5.97 Å². The van der Waals surface area contributed by atoms with E-state index in [1.165, 1.54) is 16.7 Å². The number of benzene rings is 1. The van der Waals surface area contributed by atoms with Crippen molar-refractivity contribution in [2.24, 2.45) is 5.73 Å². The average Bonchev–Trinajstić information content (AvgIpc) is 2.80. The van der Waals surface area contributed by atoms with Crippen molar-refractivity contribution in [3.8, 4) is 0 Å². The Bertz CT molecular complexity index is 608. The van der Waals surface area contributed by atoms with Gasteiger partial charge in [-0.1, -0.05) is 15.9 Å². The number of rotatable bonds is 6. The number of hydrogen-bond donors (Lipinski definition) is 1. The van der Waals surface area contributed by atoms with Gasteiger partial charge in [0.1, 0.15) is 6.04 Å². The lowest BCUT2D eigenvalue weighted by molar-refractivity contribution is -0.144. The van der Waals surface area contributed by atoms with Crippen LogP contribution in [0.5, 0.6) is 0 Å². The molecule has 0 bridgehead atoms. The third kappa shape index (κ3) is 4.33. The normalized spacial score (nSPS) is 19.1. The maximum atomic E-state index is 12.4. The highest BCUT2D eigenvalue weighted by molar-refractivity contribution is 9.10. The lowest BCUT2D eigenvalue weighted by Crippen LogP contribution is -2.36. The van der Waals surface area contributed by atoms with Gasteiger partial charge in [0.2, 0.25) is 11.8 Å². The lowest BCUT2D eigenvalue weighted by Gasteiger charge is -2.15. The van der Waals surface area contributed by atoms with E-state index < -0.39 is 17.3 Å². The van der Waals surface area contributed by atoms with Crippen LogP contribution in [0.1, 0.15) is 13.3 Å². The summed E-state index contributed by atoms with van der Waals surface area (Å²) >= 11 is 4.53. The third-order valence-corrected chi connectivity index (χ3v) is 5.11. The van der Waals surface area contributed by atoms with Crippen LogP contribution >= 0.6 is 27.7 Å². The lowest BCUT2D eigenvalue weighted by atomic mass is 10.3. The Kier molecular flexibility index (Phi) is 6.20. The van der Waals surface area contributed by atoms with Gasteiger partial charge in [0.05, 0.1) is 17.5 Å². The van der Waals surface area contributed by atoms with Crippen LogP contribution in [0.2, 0.25) is 0 Å². The minimum absolute atomic E-state index is 0.106. The molecule has 1 heterocycles. The number of imide groups is 1. The second-order valence-corrected chi connectivity index (χ2v) is 7.08. The number of nitrogens with zero attached hydrogens (tertiary/aromatic N) is 1. The molecule has 2 N–H and O–H groups in total. The Hall–Kier alpha value is -1.38. The molecule has 0 unspecified atom stereocenters. The van der Waals surface area contributed by atoms with E-state index in [0.717, 1.165) is 4.47 Å². The largest absolute Gasteiger partial charge is 0.465 e. The van der Waals surface area contributed by atoms with E-state index in [-0.39, 0.29) is 30.6 Å². The van der Waals surface area contributed by atoms with Gasteiger partial charge < -0.3 is 10.5 Å². The molecule has 1 aliphatic rings. The number of halogens is 1. The van der Waals surface area contributed by atoms with Crippen molar-refractivity contribution >= 4 is 51.2 Å². The van der Waals surface area contributed by atoms with Crippen molar-refractivity contribution < 1.29 is 19.1 Å². The highest BCUT2D eigenvalue weighted by atomic mass is 79.9. The molecule has 2 atom stereocenters. The SMILES string of the molecule is CCOC(=O)[C@H](N)CS[C@@H]1CC(=O)N(c2ccc(Br)cc2)C1=O. The number of esters is 1. The number of anilines is 1. The molecule has 2 rings (SSSR count). The van der Waals surface area contributed by atoms with Crippen LogP contribution in [0, 0.1) is 0 Å². The Balaban J connectivity index is 1.98. The smallest absolute Gasteiger partial charge is 0.323 e. The molecule has 1 saturated heterocycles. The van der Waals surface area contributed by atoms with Crippen LogP contribution < -0.4 is 10.6 Å². The molecule has 1 aliphatic heterocycles. The molecule has 2 amide bonds. The number of amides is 2. The van der Waals surface area contributed by atoms with Gasteiger partial charge in [-0.2, -0.15) is 0 Å². The van der Waals surface area contributed by atoms with Crippen LogP contribution in [0.25, 0.3) is 0 Å². The van der Waals surface area contributed by atoms with Crippen LogP contribution in [-0.4, -0.2) is 41.4 Å². The first-order valence-electron chi connectivity index (χ1n) is 7.10. The molecule has 124 valence electrons. The van der Waals surface area contributed by atoms with E-state index in [0.29, 0.717) is 5.69 Å². The zero-order chi connectivity index (χ0) is 17.0. The molecule has 1 aromatic carbocycles. The molecule has 0 radical (unpaired) electrons. The number of hydrogen-bond acceptors (Lipinski definition) is 6. The number of carbonyl (C=O) groups is 3. The van der Waals surface area contributed by atoms with Crippen molar-refractivity contribution in [1.29, 1.82) is 0 Å². The topological polar surface area (TPSA) is 89.7 Å². The van der Waals surface area contributed by atoms with Crippen molar-refractivity contribution in [2.45, 2.75) is 24.6 Å². The predicted molar refractivity (Wildman–Crippen MR) is 92.1 cm³/mol. The van der Waals surface area contributed by atoms with Crippen molar-refractivity contribution in [2.75, 3.05) is 17.3 Å². The highest BCUT2D eigenvalue weighted by Crippen LogP contribution is 2.30. The molecule has 6 nitrogen and oxygen atoms in total. The number of ether oxygens (including phenoxy) is 1. The molecule has 23 heavy (non-hydrogen) atoms. The monoisotopic (exact) mass is 400 g/mol. The first-order valence-corrected chi connectivity index (χ1v) is 8.94. The molecule has 1 aromatic rings. The first-order chi connectivity index (χ1) is 10.9. The summed E-state index contributed by atoms with van der Waals surface area (Å²) in [5.41, 5.74) is 6.26. The predicted octanol–water partition coefficient (Wildman–Crippen LogP) is 1.70. The van der Waals surface area contributed by atoms with E-state index in [4.69, 9.17) is 10.5 Å². The fourth-order valence-corrected chi connectivity index (χ4v) is 3.48. The molecule has 8 heteroatoms. The highest BCUT2D eigenvalue weighted by Gasteiger charge is 2.40. The van der Waals surface area contributed by atoms with E-state index in [9.17, 15) is 14.4 Å². The first kappa shape index (κ1) is 18.0. The maximum Gasteiger partial charge on any atom is 0.323 e. The van der Waals surface area contributed by atoms with Crippen LogP contribution in [-0.2, 0) is 19.1 Å². The Labute approximate surface area is 146 Å². The maximum absolute atomic E-state index is 12.4. The van der Waals surface area contributed by atoms with Crippen molar-refractivity contribution in [3.63, 3.8) is 0 Å². The van der Waals surface area contributed by atoms with Gasteiger partial charge in [0.15, 0.2) is 0 Å². The van der Waals surface area contributed by atoms with Crippen molar-refractivity contribution in [1.82, 2.24) is 0 Å². The van der Waals surface area contributed by atoms with E-state index in [1.54, 1.807) is 31.2 Å². The standard InChI is InChI=1S/C15H17BrN2O4S/c1-2-22-15(21)11(17)8-23-12-7-13(19)18(14(12)20)10-5-3-9(16)4-6-10/h3-6,11-12H,2,7-8,17H2,1H3/t11-,12-/m1/s1. The number of thioether (sulfide) groups is 1. The minimum atomic E-state index is -0.801. The van der Waals surface area contributed by atoms with E-state index in [1.807, 2.05) is 0 Å². The summed E-state index contributed by atoms with van der Waals surface area (Å²) in [6.45, 7) is 1.96. The van der Waals surface area contributed by atoms with Crippen LogP contribution in [0.4, 0.5) is 5.69 Å². The quantitative estimate of drug-likeness (QED) is 0.577. The van der Waals surface area contributed by atoms with Crippen LogP contribution in [0.3, 0.4) is 0 Å². The van der Waals surface area contributed by atoms with Crippen LogP contribution in [0.15, 0.2) is 28.7 Å². The molecule has 0 aliphatic carbocycles. The van der Waals surface area contributed by atoms with Gasteiger partial charge in [0.25, 0.3) is 0 Å². The second kappa shape index (κ2) is 7.94. The Morgan fingerprint density at radius 3 is 2.70 bits per heavy atom. The fraction of sp³-hybridized carbons (Fsp3) is 0.400. The number of nitrogens with two attached hydrogens (primary N) is 1. The van der Waals surface area contributed by atoms with Gasteiger partial charge in [-0.05, 0) is 31.2 Å². The molecular weight excluding hydrogens is 384 g/mol. The van der Waals surface area contributed by atoms with E-state index >= 15 is 0 Å². The van der Waals surface area contributed by atoms with Gasteiger partial charge in [-0.15, -0.1) is 11.8 Å². The summed E-state index contributed by atoms with van der Waals surface area (Å²) in [6.07, 6.45) is 0.106. The summed E-state index contributed by atoms with van der Waals surface area (Å²) in [6, 6.07) is 6.15. The molecule has 0 saturated carbocycles. The summed E-state index contributed by atoms with van der Waals surface area (Å²) in [5.74, 6) is -0.795. The molecular formula is C15H17BrN2O4S. The van der Waals surface area contributed by atoms with E-state index in [2.05, 4.69) is 15.9 Å². The summed E-state index contributed by atoms with van der Waals surface area (Å²) in [7, 11) is 0. The zero-order valence-corrected chi connectivity index (χ0v) is 14.9. The molecule has 0 spiro atoms. The third-order valence-electron chi connectivity index (χ3n) is 3.26. The van der Waals surface area contributed by atoms with Crippen molar-refractivity contribution in [3.05, 3.63) is 28.7 Å². The summed E-state index contributed by atoms with van der Waals surface area (Å²) in [4.78, 5) is 37.2. The number of carbonyl (C=O) groups excluding carboxylic acids is 3. The van der Waals surface area contributed by atoms with Gasteiger partial charge in [0, 0.05) is 16.6 Å². The Morgan fingerprint density at radius 2 is 2.09 bits per heavy atom. The van der Waals surface area contributed by atoms with Gasteiger partial charge in [-0.3, -0.25) is 14.4 Å². The molecule has 0 aromatic heterocycles. The van der Waals surface area contributed by atoms with Gasteiger partial charge in [-0.25, -0.2) is 4.90 Å². The second-order valence-electron chi connectivity index (χ2n) is 4.93. The average molecular weight is 401 g/mol. The fourth-order valence-electron chi connectivity index (χ4n) is 2.13. The minimum Gasteiger partial charge on any atom is -0.465 e. The zero-order valence-electron chi connectivity index (χ0n) is 12.5. The molecule has 1 fully saturated rings. The summed E-state index contributed by atoms with van der Waals surface area (Å²) in [5, 5.41) is -0.522. The summed E-state index contributed by atoms with van der Waals surface area (Å²) < 4.78 is 5.69.